The van der Waals surface area contributed by atoms with Crippen molar-refractivity contribution in [2.75, 3.05) is 0 Å². The van der Waals surface area contributed by atoms with E-state index in [1.165, 1.54) is 0 Å². The predicted molar refractivity (Wildman–Crippen MR) is 369 cm³/mol. The van der Waals surface area contributed by atoms with Gasteiger partial charge in [0.1, 0.15) is 0 Å². The van der Waals surface area contributed by atoms with E-state index in [0.717, 1.165) is 161 Å². The predicted octanol–water partition coefficient (Wildman–Crippen LogP) is 20.5. The van der Waals surface area contributed by atoms with Crippen LogP contribution in [0.3, 0.4) is 0 Å². The highest BCUT2D eigenvalue weighted by atomic mass is 15.0. The Morgan fingerprint density at radius 1 is 0.286 bits per heavy atom. The van der Waals surface area contributed by atoms with Gasteiger partial charge in [0.05, 0.1) is 79.5 Å². The zero-order valence-electron chi connectivity index (χ0n) is 49.4. The van der Waals surface area contributed by atoms with Gasteiger partial charge in [-0.05, 0) is 101 Å². The van der Waals surface area contributed by atoms with E-state index in [9.17, 15) is 10.5 Å². The third-order valence-electron chi connectivity index (χ3n) is 17.5. The molecule has 0 spiro atoms. The quantitative estimate of drug-likeness (QED) is 0.128. The monoisotopic (exact) mass is 1160 g/mol. The number of aryl methyl sites for hydroxylation is 1. The molecule has 8 heteroatoms. The van der Waals surface area contributed by atoms with E-state index in [0.29, 0.717) is 11.1 Å². The van der Waals surface area contributed by atoms with Crippen molar-refractivity contribution in [3.05, 3.63) is 314 Å². The first-order valence-electron chi connectivity index (χ1n) is 30.3. The number of nitrogens with zero attached hydrogens (tertiary/aromatic N) is 8. The van der Waals surface area contributed by atoms with Gasteiger partial charge in [-0.1, -0.05) is 206 Å². The van der Waals surface area contributed by atoms with E-state index < -0.39 is 0 Å². The molecule has 0 aliphatic carbocycles. The van der Waals surface area contributed by atoms with Crippen molar-refractivity contribution < 1.29 is 0 Å². The highest BCUT2D eigenvalue weighted by molar-refractivity contribution is 6.15. The van der Waals surface area contributed by atoms with E-state index in [4.69, 9.17) is 19.9 Å². The molecule has 424 valence electrons. The van der Waals surface area contributed by atoms with E-state index in [2.05, 4.69) is 180 Å². The van der Waals surface area contributed by atoms with Crippen molar-refractivity contribution in [1.82, 2.24) is 29.1 Å². The van der Waals surface area contributed by atoms with E-state index in [1.54, 1.807) is 0 Å². The number of nitriles is 2. The molecule has 0 saturated heterocycles. The van der Waals surface area contributed by atoms with Crippen molar-refractivity contribution >= 4 is 43.6 Å². The van der Waals surface area contributed by atoms with Crippen LogP contribution in [0, 0.1) is 29.6 Å². The molecule has 0 unspecified atom stereocenters. The molecule has 0 aliphatic heterocycles. The molecule has 0 aliphatic rings. The molecule has 0 radical (unpaired) electrons. The minimum Gasteiger partial charge on any atom is -0.308 e. The third kappa shape index (κ3) is 9.30. The topological polar surface area (TPSA) is 109 Å². The summed E-state index contributed by atoms with van der Waals surface area (Å²) in [4.78, 5) is 20.0. The molecule has 0 amide bonds. The Morgan fingerprint density at radius 2 is 0.604 bits per heavy atom. The number of pyridine rings is 4. The van der Waals surface area contributed by atoms with Gasteiger partial charge in [0.15, 0.2) is 0 Å². The first kappa shape index (κ1) is 53.8. The minimum atomic E-state index is 0.431. The maximum Gasteiger partial charge on any atom is 0.0998 e. The van der Waals surface area contributed by atoms with Gasteiger partial charge in [-0.25, -0.2) is 0 Å². The minimum absolute atomic E-state index is 0.431. The zero-order valence-corrected chi connectivity index (χ0v) is 49.4. The van der Waals surface area contributed by atoms with Crippen molar-refractivity contribution in [3.8, 4) is 124 Å². The summed E-state index contributed by atoms with van der Waals surface area (Å²) in [6.07, 6.45) is 7.39. The molecule has 0 fully saturated rings. The lowest BCUT2D eigenvalue weighted by atomic mass is 9.91. The Morgan fingerprint density at radius 3 is 0.901 bits per heavy atom. The fourth-order valence-corrected chi connectivity index (χ4v) is 13.5. The smallest absolute Gasteiger partial charge is 0.0998 e. The summed E-state index contributed by atoms with van der Waals surface area (Å²) < 4.78 is 4.66. The van der Waals surface area contributed by atoms with E-state index >= 15 is 0 Å². The fraction of sp³-hybridized carbons (Fsp3) is 0.0120. The average molecular weight is 1160 g/mol. The van der Waals surface area contributed by atoms with Crippen LogP contribution in [0.1, 0.15) is 16.7 Å². The second-order valence-electron chi connectivity index (χ2n) is 22.8. The van der Waals surface area contributed by atoms with Crippen molar-refractivity contribution in [2.45, 2.75) is 6.92 Å². The van der Waals surface area contributed by atoms with E-state index in [-0.39, 0.29) is 0 Å². The Kier molecular flexibility index (Phi) is 13.4. The lowest BCUT2D eigenvalue weighted by Gasteiger charge is -2.23. The number of rotatable bonds is 11. The molecule has 6 aromatic heterocycles. The SMILES string of the molecule is Cc1cccc(C#N)c1-c1c(-n2c3cc(-c4cccnc4-c4ccccc4)ccc3c3ccc(-c4cccnc4-c4ccccc4)cc32)cc(C#N)cc1-n1c2cc(-c3cccnc3-c3ccccc3)ccc2c2ccc(-c3cccnc3-c3ccccc3)cc21. The second kappa shape index (κ2) is 22.6. The number of hydrogen-bond acceptors (Lipinski definition) is 6. The number of hydrogen-bond donors (Lipinski definition) is 0. The van der Waals surface area contributed by atoms with Crippen molar-refractivity contribution in [3.63, 3.8) is 0 Å². The average Bonchev–Trinajstić information content (AvgIpc) is 1.61. The van der Waals surface area contributed by atoms with Crippen LogP contribution >= 0.6 is 0 Å². The van der Waals surface area contributed by atoms with E-state index in [1.807, 2.05) is 146 Å². The van der Waals surface area contributed by atoms with Crippen LogP contribution in [0.25, 0.3) is 156 Å². The summed E-state index contributed by atoms with van der Waals surface area (Å²) in [5.41, 5.74) is 23.6. The van der Waals surface area contributed by atoms with Crippen LogP contribution in [0.2, 0.25) is 0 Å². The third-order valence-corrected chi connectivity index (χ3v) is 17.5. The maximum absolute atomic E-state index is 11.7. The molecule has 6 heterocycles. The van der Waals surface area contributed by atoms with Crippen molar-refractivity contribution in [1.29, 1.82) is 10.5 Å². The van der Waals surface area contributed by atoms with Gasteiger partial charge in [-0.15, -0.1) is 0 Å². The number of fused-ring (bicyclic) bond motifs is 6. The molecule has 8 nitrogen and oxygen atoms in total. The van der Waals surface area contributed by atoms with Crippen LogP contribution in [0.5, 0.6) is 0 Å². The van der Waals surface area contributed by atoms with Gasteiger partial charge < -0.3 is 9.13 Å². The molecule has 16 rings (SSSR count). The standard InChI is InChI=1S/C83H52N8/c1-53-19-14-28-63(52-85)78(53)79-76(90-72-47-59(64-29-15-41-86-80(64)55-20-6-2-7-21-55)33-37-68(72)69-38-34-60(48-73(69)90)65-30-16-42-87-81(65)56-22-8-3-9-23-56)45-54(51-84)46-77(79)91-74-49-61(66-31-17-43-88-82(66)57-24-10-4-11-25-57)35-39-70(74)71-40-36-62(50-75(71)91)67-32-18-44-89-83(67)58-26-12-5-13-27-58/h2-50H,1H3. The van der Waals surface area contributed by atoms with Gasteiger partial charge in [0, 0.05) is 102 Å². The maximum atomic E-state index is 11.7. The Labute approximate surface area is 525 Å². The molecule has 0 N–H and O–H groups in total. The molecule has 10 aromatic carbocycles. The highest BCUT2D eigenvalue weighted by Gasteiger charge is 2.28. The Balaban J connectivity index is 1.06. The number of benzene rings is 10. The summed E-state index contributed by atoms with van der Waals surface area (Å²) in [5.74, 6) is 0. The van der Waals surface area contributed by atoms with Crippen molar-refractivity contribution in [2.24, 2.45) is 0 Å². The van der Waals surface area contributed by atoms with Gasteiger partial charge in [-0.3, -0.25) is 19.9 Å². The lowest BCUT2D eigenvalue weighted by Crippen LogP contribution is -2.07. The number of aromatic nitrogens is 6. The molecule has 0 saturated carbocycles. The van der Waals surface area contributed by atoms with Gasteiger partial charge in [0.25, 0.3) is 0 Å². The summed E-state index contributed by atoms with van der Waals surface area (Å²) in [6.45, 7) is 2.08. The van der Waals surface area contributed by atoms with Gasteiger partial charge >= 0.3 is 0 Å². The molecular formula is C83H52N8. The van der Waals surface area contributed by atoms with Crippen LogP contribution in [0.4, 0.5) is 0 Å². The fourth-order valence-electron chi connectivity index (χ4n) is 13.5. The lowest BCUT2D eigenvalue weighted by molar-refractivity contribution is 1.13. The molecule has 16 aromatic rings. The molecule has 0 atom stereocenters. The van der Waals surface area contributed by atoms with Crippen LogP contribution in [-0.2, 0) is 0 Å². The van der Waals surface area contributed by atoms with Crippen LogP contribution < -0.4 is 0 Å². The Bertz CT molecular complexity index is 5030. The second-order valence-corrected chi connectivity index (χ2v) is 22.8. The summed E-state index contributed by atoms with van der Waals surface area (Å²) in [6, 6.07) is 99.7. The molecule has 91 heavy (non-hydrogen) atoms. The molecule has 0 bridgehead atoms. The molecular weight excluding hydrogens is 1110 g/mol. The first-order chi connectivity index (χ1) is 45.0. The Hall–Kier alpha value is -12.6. The summed E-state index contributed by atoms with van der Waals surface area (Å²) in [5, 5.41) is 27.3. The first-order valence-corrected chi connectivity index (χ1v) is 30.3. The summed E-state index contributed by atoms with van der Waals surface area (Å²) in [7, 11) is 0. The highest BCUT2D eigenvalue weighted by Crippen LogP contribution is 2.48. The zero-order chi connectivity index (χ0) is 60.9. The van der Waals surface area contributed by atoms with Gasteiger partial charge in [0.2, 0.25) is 0 Å². The van der Waals surface area contributed by atoms with Crippen LogP contribution in [-0.4, -0.2) is 29.1 Å². The van der Waals surface area contributed by atoms with Crippen LogP contribution in [0.15, 0.2) is 298 Å². The normalized spacial score (nSPS) is 11.3. The van der Waals surface area contributed by atoms with Gasteiger partial charge in [-0.2, -0.15) is 10.5 Å². The largest absolute Gasteiger partial charge is 0.308 e. The summed E-state index contributed by atoms with van der Waals surface area (Å²) >= 11 is 0.